The Balaban J connectivity index is 3.20. The van der Waals surface area contributed by atoms with E-state index >= 15 is 0 Å². The second-order valence-corrected chi connectivity index (χ2v) is 4.95. The summed E-state index contributed by atoms with van der Waals surface area (Å²) in [6, 6.07) is 0. The minimum Gasteiger partial charge on any atom is -0.368 e. The summed E-state index contributed by atoms with van der Waals surface area (Å²) < 4.78 is 0. The number of amides is 1. The summed E-state index contributed by atoms with van der Waals surface area (Å²) >= 11 is 0. The number of hydrazine groups is 1. The Bertz CT molecular complexity index is 460. The Morgan fingerprint density at radius 2 is 2.00 bits per heavy atom. The van der Waals surface area contributed by atoms with Gasteiger partial charge in [0.15, 0.2) is 0 Å². The highest BCUT2D eigenvalue weighted by Crippen LogP contribution is 2.23. The second kappa shape index (κ2) is 6.33. The molecule has 19 heavy (non-hydrogen) atoms. The summed E-state index contributed by atoms with van der Waals surface area (Å²) in [5.74, 6) is 7.26. The third-order valence-electron chi connectivity index (χ3n) is 2.60. The number of rotatable bonds is 6. The number of carbonyl (C=O) groups is 1. The van der Waals surface area contributed by atoms with Crippen molar-refractivity contribution in [1.82, 2.24) is 9.97 Å². The number of carbonyl (C=O) groups excluding carboxylic acids is 1. The average molecular weight is 266 g/mol. The van der Waals surface area contributed by atoms with Gasteiger partial charge in [0.2, 0.25) is 5.91 Å². The van der Waals surface area contributed by atoms with Gasteiger partial charge < -0.3 is 16.1 Å². The predicted molar refractivity (Wildman–Crippen MR) is 75.6 cm³/mol. The van der Waals surface area contributed by atoms with Gasteiger partial charge in [-0.2, -0.15) is 0 Å². The zero-order valence-electron chi connectivity index (χ0n) is 11.9. The monoisotopic (exact) mass is 266 g/mol. The highest BCUT2D eigenvalue weighted by Gasteiger charge is 2.18. The van der Waals surface area contributed by atoms with Crippen LogP contribution in [0.1, 0.15) is 25.2 Å². The van der Waals surface area contributed by atoms with Crippen LogP contribution in [0.2, 0.25) is 0 Å². The van der Waals surface area contributed by atoms with Gasteiger partial charge in [-0.25, -0.2) is 15.8 Å². The fourth-order valence-electron chi connectivity index (χ4n) is 1.92. The van der Waals surface area contributed by atoms with Crippen LogP contribution in [0.25, 0.3) is 0 Å². The third kappa shape index (κ3) is 4.06. The first-order chi connectivity index (χ1) is 8.85. The maximum Gasteiger partial charge on any atom is 0.236 e. The molecule has 106 valence electrons. The number of primary amides is 1. The van der Waals surface area contributed by atoms with E-state index < -0.39 is 5.91 Å². The molecular formula is C12H22N6O. The number of nitrogens with one attached hydrogen (secondary N) is 1. The number of anilines is 2. The van der Waals surface area contributed by atoms with E-state index in [1.807, 2.05) is 11.8 Å². The van der Waals surface area contributed by atoms with Gasteiger partial charge in [-0.3, -0.25) is 4.79 Å². The van der Waals surface area contributed by atoms with Gasteiger partial charge in [0.05, 0.1) is 6.54 Å². The van der Waals surface area contributed by atoms with Crippen molar-refractivity contribution in [1.29, 1.82) is 0 Å². The van der Waals surface area contributed by atoms with Crippen molar-refractivity contribution in [3.05, 3.63) is 11.4 Å². The van der Waals surface area contributed by atoms with Crippen LogP contribution in [0, 0.1) is 19.8 Å². The summed E-state index contributed by atoms with van der Waals surface area (Å²) in [7, 11) is 0. The lowest BCUT2D eigenvalue weighted by atomic mass is 10.2. The molecule has 1 amide bonds. The first kappa shape index (κ1) is 15.2. The summed E-state index contributed by atoms with van der Waals surface area (Å²) in [4.78, 5) is 21.7. The molecule has 0 aliphatic carbocycles. The van der Waals surface area contributed by atoms with Gasteiger partial charge in [-0.1, -0.05) is 13.8 Å². The number of aryl methyl sites for hydroxylation is 1. The van der Waals surface area contributed by atoms with Crippen molar-refractivity contribution in [2.75, 3.05) is 23.4 Å². The molecule has 5 N–H and O–H groups in total. The van der Waals surface area contributed by atoms with E-state index in [1.54, 1.807) is 6.92 Å². The number of hydrogen-bond acceptors (Lipinski definition) is 6. The number of nitrogen functional groups attached to an aromatic ring is 1. The first-order valence-corrected chi connectivity index (χ1v) is 6.20. The van der Waals surface area contributed by atoms with Crippen molar-refractivity contribution in [3.63, 3.8) is 0 Å². The Hall–Kier alpha value is -1.89. The van der Waals surface area contributed by atoms with Gasteiger partial charge in [-0.05, 0) is 19.8 Å². The van der Waals surface area contributed by atoms with Crippen LogP contribution in [0.15, 0.2) is 0 Å². The maximum atomic E-state index is 11.2. The molecule has 0 spiro atoms. The molecule has 1 aromatic rings. The Kier molecular flexibility index (Phi) is 5.05. The standard InChI is InChI=1S/C12H22N6O/c1-7(2)5-18(6-10(13)19)12-8(3)11(17-14)15-9(4)16-12/h7H,5-6,14H2,1-4H3,(H2,13,19)(H,15,16,17). The molecule has 0 saturated heterocycles. The zero-order valence-corrected chi connectivity index (χ0v) is 11.9. The third-order valence-corrected chi connectivity index (χ3v) is 2.60. The van der Waals surface area contributed by atoms with E-state index in [1.165, 1.54) is 0 Å². The molecule has 1 aromatic heterocycles. The van der Waals surface area contributed by atoms with Crippen molar-refractivity contribution < 1.29 is 4.79 Å². The predicted octanol–water partition coefficient (Wildman–Crippen LogP) is 0.327. The smallest absolute Gasteiger partial charge is 0.236 e. The molecule has 0 saturated carbocycles. The molecule has 0 aliphatic heterocycles. The fourth-order valence-corrected chi connectivity index (χ4v) is 1.92. The number of nitrogens with zero attached hydrogens (tertiary/aromatic N) is 3. The number of nitrogens with two attached hydrogens (primary N) is 2. The minimum atomic E-state index is -0.390. The van der Waals surface area contributed by atoms with Crippen LogP contribution >= 0.6 is 0 Å². The molecule has 0 unspecified atom stereocenters. The number of hydrogen-bond donors (Lipinski definition) is 3. The lowest BCUT2D eigenvalue weighted by Gasteiger charge is -2.26. The highest BCUT2D eigenvalue weighted by molar-refractivity contribution is 5.79. The first-order valence-electron chi connectivity index (χ1n) is 6.20. The molecule has 7 heteroatoms. The van der Waals surface area contributed by atoms with Gasteiger partial charge >= 0.3 is 0 Å². The van der Waals surface area contributed by atoms with E-state index in [0.717, 1.165) is 5.56 Å². The van der Waals surface area contributed by atoms with Crippen LogP contribution in [-0.2, 0) is 4.79 Å². The van der Waals surface area contributed by atoms with Crippen LogP contribution in [0.5, 0.6) is 0 Å². The van der Waals surface area contributed by atoms with Gasteiger partial charge in [0, 0.05) is 12.1 Å². The summed E-state index contributed by atoms with van der Waals surface area (Å²) in [5.41, 5.74) is 8.65. The molecule has 0 atom stereocenters. The van der Waals surface area contributed by atoms with Crippen molar-refractivity contribution in [2.45, 2.75) is 27.7 Å². The van der Waals surface area contributed by atoms with E-state index in [0.29, 0.717) is 29.9 Å². The Morgan fingerprint density at radius 1 is 1.37 bits per heavy atom. The number of aromatic nitrogens is 2. The quantitative estimate of drug-likeness (QED) is 0.505. The van der Waals surface area contributed by atoms with Gasteiger partial charge in [0.25, 0.3) is 0 Å². The van der Waals surface area contributed by atoms with E-state index in [2.05, 4.69) is 29.2 Å². The molecule has 1 rings (SSSR count). The second-order valence-electron chi connectivity index (χ2n) is 4.95. The largest absolute Gasteiger partial charge is 0.368 e. The molecule has 0 aromatic carbocycles. The molecular weight excluding hydrogens is 244 g/mol. The van der Waals surface area contributed by atoms with Crippen molar-refractivity contribution in [3.8, 4) is 0 Å². The van der Waals surface area contributed by atoms with Crippen molar-refractivity contribution >= 4 is 17.5 Å². The normalized spacial score (nSPS) is 10.6. The Labute approximate surface area is 113 Å². The van der Waals surface area contributed by atoms with E-state index in [9.17, 15) is 4.79 Å². The van der Waals surface area contributed by atoms with Crippen LogP contribution in [0.3, 0.4) is 0 Å². The average Bonchev–Trinajstić information content (AvgIpc) is 2.29. The lowest BCUT2D eigenvalue weighted by molar-refractivity contribution is -0.116. The molecule has 0 aliphatic rings. The van der Waals surface area contributed by atoms with Gasteiger partial charge in [-0.15, -0.1) is 0 Å². The lowest BCUT2D eigenvalue weighted by Crippen LogP contribution is -2.37. The molecule has 0 radical (unpaired) electrons. The van der Waals surface area contributed by atoms with Gasteiger partial charge in [0.1, 0.15) is 17.5 Å². The molecule has 0 bridgehead atoms. The zero-order chi connectivity index (χ0) is 14.6. The van der Waals surface area contributed by atoms with E-state index in [4.69, 9.17) is 11.6 Å². The fraction of sp³-hybridized carbons (Fsp3) is 0.583. The highest BCUT2D eigenvalue weighted by atomic mass is 16.1. The van der Waals surface area contributed by atoms with Crippen molar-refractivity contribution in [2.24, 2.45) is 17.5 Å². The summed E-state index contributed by atoms with van der Waals surface area (Å²) in [6.45, 7) is 8.59. The SMILES string of the molecule is Cc1nc(NN)c(C)c(N(CC(N)=O)CC(C)C)n1. The van der Waals surface area contributed by atoms with E-state index in [-0.39, 0.29) is 6.54 Å². The molecule has 7 nitrogen and oxygen atoms in total. The van der Waals surface area contributed by atoms with Crippen LogP contribution < -0.4 is 21.9 Å². The summed E-state index contributed by atoms with van der Waals surface area (Å²) in [5, 5.41) is 0. The Morgan fingerprint density at radius 3 is 2.47 bits per heavy atom. The maximum absolute atomic E-state index is 11.2. The van der Waals surface area contributed by atoms with Crippen LogP contribution in [-0.4, -0.2) is 29.0 Å². The van der Waals surface area contributed by atoms with Crippen LogP contribution in [0.4, 0.5) is 11.6 Å². The molecule has 0 fully saturated rings. The molecule has 1 heterocycles. The summed E-state index contributed by atoms with van der Waals surface area (Å²) in [6.07, 6.45) is 0. The minimum absolute atomic E-state index is 0.124. The topological polar surface area (TPSA) is 110 Å².